The van der Waals surface area contributed by atoms with Crippen molar-refractivity contribution < 1.29 is 23.7 Å². The number of halogens is 2. The molecule has 10 atom stereocenters. The average Bonchev–Trinajstić information content (AvgIpc) is 3.12. The van der Waals surface area contributed by atoms with Crippen molar-refractivity contribution in [3.8, 4) is 0 Å². The van der Waals surface area contributed by atoms with E-state index in [-0.39, 0.29) is 46.0 Å². The molecule has 5 aliphatic carbocycles. The van der Waals surface area contributed by atoms with E-state index in [2.05, 4.69) is 20.8 Å². The number of hydrogen-bond acceptors (Lipinski definition) is 3. The molecule has 200 valence electrons. The fraction of sp³-hybridized carbons (Fsp3) is 1.00. The lowest BCUT2D eigenvalue weighted by Gasteiger charge is -2.63. The van der Waals surface area contributed by atoms with Crippen molar-refractivity contribution in [3.05, 3.63) is 0 Å². The third-order valence-corrected chi connectivity index (χ3v) is 13.9. The molecule has 0 bridgehead atoms. The maximum atomic E-state index is 15.1. The molecular formula is C30H48F2O3. The highest BCUT2D eigenvalue weighted by Crippen LogP contribution is 2.90. The van der Waals surface area contributed by atoms with E-state index in [0.29, 0.717) is 12.3 Å². The number of aliphatic hydroxyl groups excluding tert-OH is 1. The maximum Gasteiger partial charge on any atom is 0.253 e. The van der Waals surface area contributed by atoms with E-state index in [1.165, 1.54) is 0 Å². The van der Waals surface area contributed by atoms with Gasteiger partial charge in [0.15, 0.2) is 0 Å². The summed E-state index contributed by atoms with van der Waals surface area (Å²) in [7, 11) is 0. The van der Waals surface area contributed by atoms with Gasteiger partial charge < -0.3 is 14.9 Å². The summed E-state index contributed by atoms with van der Waals surface area (Å²) in [6.45, 7) is 14.3. The van der Waals surface area contributed by atoms with Gasteiger partial charge in [-0.25, -0.2) is 8.78 Å². The minimum Gasteiger partial charge on any atom is -0.393 e. The Morgan fingerprint density at radius 2 is 1.40 bits per heavy atom. The topological polar surface area (TPSA) is 49.7 Å². The zero-order chi connectivity index (χ0) is 25.7. The van der Waals surface area contributed by atoms with Crippen LogP contribution in [0.5, 0.6) is 0 Å². The van der Waals surface area contributed by atoms with Crippen LogP contribution in [0.2, 0.25) is 0 Å². The van der Waals surface area contributed by atoms with Gasteiger partial charge >= 0.3 is 0 Å². The van der Waals surface area contributed by atoms with Crippen LogP contribution < -0.4 is 0 Å². The summed E-state index contributed by atoms with van der Waals surface area (Å²) in [5.41, 5.74) is -2.10. The Labute approximate surface area is 210 Å². The first-order chi connectivity index (χ1) is 15.9. The van der Waals surface area contributed by atoms with E-state index >= 15 is 8.78 Å². The molecule has 5 heteroatoms. The Hall–Kier alpha value is -0.260. The van der Waals surface area contributed by atoms with Gasteiger partial charge in [-0.1, -0.05) is 27.7 Å². The minimum atomic E-state index is -2.58. The minimum absolute atomic E-state index is 0.0207. The molecule has 6 rings (SSSR count). The number of hydrogen-bond donors (Lipinski definition) is 2. The quantitative estimate of drug-likeness (QED) is 0.447. The molecule has 0 aromatic rings. The smallest absolute Gasteiger partial charge is 0.253 e. The summed E-state index contributed by atoms with van der Waals surface area (Å²) in [6.07, 6.45) is 7.72. The van der Waals surface area contributed by atoms with Crippen LogP contribution in [0.3, 0.4) is 0 Å². The first-order valence-corrected chi connectivity index (χ1v) is 14.4. The second-order valence-corrected chi connectivity index (χ2v) is 15.8. The second-order valence-electron chi connectivity index (χ2n) is 15.8. The fourth-order valence-corrected chi connectivity index (χ4v) is 12.0. The van der Waals surface area contributed by atoms with Gasteiger partial charge in [0, 0.05) is 17.8 Å². The summed E-state index contributed by atoms with van der Waals surface area (Å²) in [5, 5.41) is 22.3. The Morgan fingerprint density at radius 3 is 2.03 bits per heavy atom. The van der Waals surface area contributed by atoms with Crippen molar-refractivity contribution in [2.75, 3.05) is 0 Å². The third kappa shape index (κ3) is 2.72. The summed E-state index contributed by atoms with van der Waals surface area (Å²) in [6, 6.07) is 0. The number of aliphatic hydroxyl groups is 2. The van der Waals surface area contributed by atoms with Crippen LogP contribution in [0.15, 0.2) is 0 Å². The van der Waals surface area contributed by atoms with E-state index in [1.807, 2.05) is 27.7 Å². The molecule has 1 heterocycles. The SMILES string of the molecule is CC(C)(O)[C@@H]1CC[C@@](C)([C@H]2[C@@H](O)C[C@@]3(C)[C@@H]4CC[C@H]5C(C)(C)C(F)(F)CCC56C[C@@]46CC[C@]23C)O1. The van der Waals surface area contributed by atoms with Gasteiger partial charge in [0.25, 0.3) is 5.92 Å². The van der Waals surface area contributed by atoms with E-state index < -0.39 is 28.6 Å². The molecule has 2 spiro atoms. The van der Waals surface area contributed by atoms with Gasteiger partial charge in [-0.2, -0.15) is 0 Å². The van der Waals surface area contributed by atoms with Crippen LogP contribution in [0.25, 0.3) is 0 Å². The molecule has 0 radical (unpaired) electrons. The number of alkyl halides is 2. The van der Waals surface area contributed by atoms with Crippen molar-refractivity contribution in [1.29, 1.82) is 0 Å². The zero-order valence-electron chi connectivity index (χ0n) is 23.0. The summed E-state index contributed by atoms with van der Waals surface area (Å²) < 4.78 is 36.8. The van der Waals surface area contributed by atoms with Crippen molar-refractivity contribution in [1.82, 2.24) is 0 Å². The van der Waals surface area contributed by atoms with Gasteiger partial charge in [-0.05, 0) is 112 Å². The van der Waals surface area contributed by atoms with Gasteiger partial charge in [-0.15, -0.1) is 0 Å². The number of rotatable bonds is 2. The van der Waals surface area contributed by atoms with Crippen LogP contribution in [-0.4, -0.2) is 39.5 Å². The lowest BCUT2D eigenvalue weighted by molar-refractivity contribution is -0.222. The maximum absolute atomic E-state index is 15.1. The van der Waals surface area contributed by atoms with Gasteiger partial charge in [-0.3, -0.25) is 0 Å². The van der Waals surface area contributed by atoms with E-state index in [0.717, 1.165) is 51.4 Å². The highest BCUT2D eigenvalue weighted by molar-refractivity contribution is 5.32. The van der Waals surface area contributed by atoms with Crippen molar-refractivity contribution in [2.45, 2.75) is 142 Å². The Balaban J connectivity index is 1.34. The lowest BCUT2D eigenvalue weighted by atomic mass is 9.41. The van der Waals surface area contributed by atoms with Gasteiger partial charge in [0.05, 0.1) is 23.4 Å². The Morgan fingerprint density at radius 1 is 0.800 bits per heavy atom. The first-order valence-electron chi connectivity index (χ1n) is 14.4. The molecule has 0 aromatic heterocycles. The second kappa shape index (κ2) is 6.65. The molecule has 5 saturated carbocycles. The Kier molecular flexibility index (Phi) is 4.76. The fourth-order valence-electron chi connectivity index (χ4n) is 12.0. The summed E-state index contributed by atoms with van der Waals surface area (Å²) in [5.74, 6) is -1.95. The normalized spacial score (nSPS) is 58.2. The lowest BCUT2D eigenvalue weighted by Crippen LogP contribution is -2.60. The van der Waals surface area contributed by atoms with Crippen LogP contribution in [0.1, 0.15) is 113 Å². The molecule has 1 aliphatic heterocycles. The van der Waals surface area contributed by atoms with Gasteiger partial charge in [0.2, 0.25) is 0 Å². The van der Waals surface area contributed by atoms with Crippen LogP contribution in [0, 0.1) is 44.8 Å². The van der Waals surface area contributed by atoms with Gasteiger partial charge in [0.1, 0.15) is 0 Å². The van der Waals surface area contributed by atoms with Crippen LogP contribution >= 0.6 is 0 Å². The van der Waals surface area contributed by atoms with Crippen LogP contribution in [0.4, 0.5) is 8.78 Å². The molecule has 6 aliphatic rings. The van der Waals surface area contributed by atoms with Crippen molar-refractivity contribution >= 4 is 0 Å². The molecule has 3 nitrogen and oxygen atoms in total. The monoisotopic (exact) mass is 494 g/mol. The van der Waals surface area contributed by atoms with Crippen LogP contribution in [-0.2, 0) is 4.74 Å². The molecular weight excluding hydrogens is 446 g/mol. The highest BCUT2D eigenvalue weighted by atomic mass is 19.3. The molecule has 2 N–H and O–H groups in total. The van der Waals surface area contributed by atoms with Crippen molar-refractivity contribution in [3.63, 3.8) is 0 Å². The number of ether oxygens (including phenoxy) is 1. The van der Waals surface area contributed by atoms with E-state index in [9.17, 15) is 10.2 Å². The first kappa shape index (κ1) is 25.0. The molecule has 1 saturated heterocycles. The predicted molar refractivity (Wildman–Crippen MR) is 132 cm³/mol. The number of fused-ring (bicyclic) bond motifs is 2. The van der Waals surface area contributed by atoms with E-state index in [1.54, 1.807) is 0 Å². The average molecular weight is 495 g/mol. The third-order valence-electron chi connectivity index (χ3n) is 13.9. The standard InChI is InChI=1S/C30H48F2O3/c1-23(2)19-8-9-20-26(6)16-18(33)22(27(7)11-10-21(35-27)24(3,4)34)25(26,5)12-13-29(20)17-28(19,29)14-15-30(23,31)32/h18-22,33-34H,8-17H2,1-7H3/t18-,19-,20-,21-,22-,25+,26-,27-,28?,29-/m0/s1. The molecule has 0 amide bonds. The summed E-state index contributed by atoms with van der Waals surface area (Å²) >= 11 is 0. The molecule has 35 heavy (non-hydrogen) atoms. The largest absolute Gasteiger partial charge is 0.393 e. The zero-order valence-corrected chi connectivity index (χ0v) is 23.0. The molecule has 0 aromatic carbocycles. The van der Waals surface area contributed by atoms with E-state index in [4.69, 9.17) is 4.74 Å². The summed E-state index contributed by atoms with van der Waals surface area (Å²) in [4.78, 5) is 0. The molecule has 1 unspecified atom stereocenters. The predicted octanol–water partition coefficient (Wildman–Crippen LogP) is 6.74. The Bertz CT molecular complexity index is 927. The highest BCUT2D eigenvalue weighted by Gasteiger charge is 2.84. The molecule has 6 fully saturated rings. The van der Waals surface area contributed by atoms with Crippen molar-refractivity contribution in [2.24, 2.45) is 44.8 Å².